The SMILES string of the molecule is C[C@@H]1CCC[C@H]1OC(=O)C1CC1. The van der Waals surface area contributed by atoms with Crippen LogP contribution >= 0.6 is 0 Å². The van der Waals surface area contributed by atoms with Gasteiger partial charge in [-0.1, -0.05) is 6.92 Å². The molecule has 2 heteroatoms. The van der Waals surface area contributed by atoms with Crippen LogP contribution in [0.2, 0.25) is 0 Å². The van der Waals surface area contributed by atoms with Crippen LogP contribution in [0.4, 0.5) is 0 Å². The van der Waals surface area contributed by atoms with E-state index < -0.39 is 0 Å². The van der Waals surface area contributed by atoms with Crippen molar-refractivity contribution in [3.05, 3.63) is 0 Å². The Morgan fingerprint density at radius 3 is 2.50 bits per heavy atom. The Morgan fingerprint density at radius 2 is 2.00 bits per heavy atom. The predicted molar refractivity (Wildman–Crippen MR) is 45.6 cm³/mol. The number of carbonyl (C=O) groups is 1. The minimum Gasteiger partial charge on any atom is -0.462 e. The van der Waals surface area contributed by atoms with Crippen LogP contribution in [-0.4, -0.2) is 12.1 Å². The van der Waals surface area contributed by atoms with E-state index in [0.717, 1.165) is 19.3 Å². The molecule has 0 saturated heterocycles. The Morgan fingerprint density at radius 1 is 1.25 bits per heavy atom. The van der Waals surface area contributed by atoms with Crippen LogP contribution in [0.5, 0.6) is 0 Å². The van der Waals surface area contributed by atoms with Crippen LogP contribution in [0.25, 0.3) is 0 Å². The molecule has 12 heavy (non-hydrogen) atoms. The number of hydrogen-bond acceptors (Lipinski definition) is 2. The third-order valence-corrected chi connectivity index (χ3v) is 2.96. The summed E-state index contributed by atoms with van der Waals surface area (Å²) < 4.78 is 5.41. The first kappa shape index (κ1) is 8.09. The van der Waals surface area contributed by atoms with Crippen molar-refractivity contribution in [1.82, 2.24) is 0 Å². The van der Waals surface area contributed by atoms with Crippen molar-refractivity contribution in [3.63, 3.8) is 0 Å². The van der Waals surface area contributed by atoms with Crippen molar-refractivity contribution in [2.45, 2.75) is 45.1 Å². The molecule has 0 bridgehead atoms. The molecule has 0 aromatic heterocycles. The lowest BCUT2D eigenvalue weighted by molar-refractivity contribution is -0.152. The van der Waals surface area contributed by atoms with E-state index in [-0.39, 0.29) is 18.0 Å². The lowest BCUT2D eigenvalue weighted by atomic mass is 10.1. The Balaban J connectivity index is 1.80. The first-order chi connectivity index (χ1) is 5.77. The van der Waals surface area contributed by atoms with E-state index >= 15 is 0 Å². The van der Waals surface area contributed by atoms with E-state index in [1.54, 1.807) is 0 Å². The Bertz CT molecular complexity index is 184. The second kappa shape index (κ2) is 3.08. The van der Waals surface area contributed by atoms with Gasteiger partial charge in [0.2, 0.25) is 0 Å². The molecule has 2 rings (SSSR count). The molecule has 0 radical (unpaired) electrons. The summed E-state index contributed by atoms with van der Waals surface area (Å²) in [6, 6.07) is 0. The maximum Gasteiger partial charge on any atom is 0.309 e. The van der Waals surface area contributed by atoms with E-state index in [9.17, 15) is 4.79 Å². The van der Waals surface area contributed by atoms with Gasteiger partial charge >= 0.3 is 5.97 Å². The minimum absolute atomic E-state index is 0.0637. The van der Waals surface area contributed by atoms with Gasteiger partial charge in [0.25, 0.3) is 0 Å². The lowest BCUT2D eigenvalue weighted by Gasteiger charge is -2.15. The highest BCUT2D eigenvalue weighted by molar-refractivity contribution is 5.75. The summed E-state index contributed by atoms with van der Waals surface area (Å²) in [6.07, 6.45) is 5.88. The zero-order chi connectivity index (χ0) is 8.55. The van der Waals surface area contributed by atoms with Crippen LogP contribution in [0.15, 0.2) is 0 Å². The molecule has 0 aliphatic heterocycles. The van der Waals surface area contributed by atoms with E-state index in [2.05, 4.69) is 6.92 Å². The monoisotopic (exact) mass is 168 g/mol. The van der Waals surface area contributed by atoms with Crippen molar-refractivity contribution in [2.75, 3.05) is 0 Å². The van der Waals surface area contributed by atoms with Gasteiger partial charge in [0.1, 0.15) is 6.10 Å². The third kappa shape index (κ3) is 1.62. The molecule has 0 aromatic rings. The van der Waals surface area contributed by atoms with Crippen LogP contribution in [-0.2, 0) is 9.53 Å². The van der Waals surface area contributed by atoms with Crippen molar-refractivity contribution in [2.24, 2.45) is 11.8 Å². The van der Waals surface area contributed by atoms with E-state index in [1.807, 2.05) is 0 Å². The Hall–Kier alpha value is -0.530. The van der Waals surface area contributed by atoms with Gasteiger partial charge in [-0.3, -0.25) is 4.79 Å². The fourth-order valence-corrected chi connectivity index (χ4v) is 1.85. The molecule has 2 aliphatic carbocycles. The molecule has 0 N–H and O–H groups in total. The molecule has 2 atom stereocenters. The van der Waals surface area contributed by atoms with Gasteiger partial charge in [-0.2, -0.15) is 0 Å². The molecular formula is C10H16O2. The summed E-state index contributed by atoms with van der Waals surface area (Å²) in [7, 11) is 0. The van der Waals surface area contributed by atoms with Gasteiger partial charge in [-0.05, 0) is 38.0 Å². The molecule has 0 aromatic carbocycles. The summed E-state index contributed by atoms with van der Waals surface area (Å²) in [5.74, 6) is 0.916. The molecule has 0 heterocycles. The number of carbonyl (C=O) groups excluding carboxylic acids is 1. The molecule has 2 aliphatic rings. The average Bonchev–Trinajstić information content (AvgIpc) is 2.80. The molecule has 0 amide bonds. The summed E-state index contributed by atoms with van der Waals surface area (Å²) in [5, 5.41) is 0. The molecular weight excluding hydrogens is 152 g/mol. The van der Waals surface area contributed by atoms with Gasteiger partial charge < -0.3 is 4.74 Å². The Kier molecular flexibility index (Phi) is 2.07. The second-order valence-electron chi connectivity index (χ2n) is 4.16. The molecule has 2 nitrogen and oxygen atoms in total. The average molecular weight is 168 g/mol. The van der Waals surface area contributed by atoms with Crippen molar-refractivity contribution in [1.29, 1.82) is 0 Å². The topological polar surface area (TPSA) is 26.3 Å². The molecule has 2 saturated carbocycles. The number of rotatable bonds is 2. The smallest absolute Gasteiger partial charge is 0.309 e. The maximum absolute atomic E-state index is 11.3. The first-order valence-electron chi connectivity index (χ1n) is 4.98. The van der Waals surface area contributed by atoms with E-state index in [0.29, 0.717) is 5.92 Å². The zero-order valence-corrected chi connectivity index (χ0v) is 7.58. The summed E-state index contributed by atoms with van der Waals surface area (Å²) >= 11 is 0. The lowest BCUT2D eigenvalue weighted by Crippen LogP contribution is -2.21. The highest BCUT2D eigenvalue weighted by Gasteiger charge is 2.35. The minimum atomic E-state index is 0.0637. The fourth-order valence-electron chi connectivity index (χ4n) is 1.85. The van der Waals surface area contributed by atoms with Gasteiger partial charge in [0.05, 0.1) is 5.92 Å². The van der Waals surface area contributed by atoms with Gasteiger partial charge in [0.15, 0.2) is 0 Å². The van der Waals surface area contributed by atoms with Gasteiger partial charge in [-0.25, -0.2) is 0 Å². The number of esters is 1. The van der Waals surface area contributed by atoms with Crippen molar-refractivity contribution >= 4 is 5.97 Å². The maximum atomic E-state index is 11.3. The van der Waals surface area contributed by atoms with E-state index in [1.165, 1.54) is 12.8 Å². The summed E-state index contributed by atoms with van der Waals surface area (Å²) in [4.78, 5) is 11.3. The number of ether oxygens (including phenoxy) is 1. The normalized spacial score (nSPS) is 35.1. The first-order valence-corrected chi connectivity index (χ1v) is 4.98. The number of hydrogen-bond donors (Lipinski definition) is 0. The molecule has 2 fully saturated rings. The fraction of sp³-hybridized carbons (Fsp3) is 0.900. The second-order valence-corrected chi connectivity index (χ2v) is 4.16. The van der Waals surface area contributed by atoms with Crippen molar-refractivity contribution in [3.8, 4) is 0 Å². The third-order valence-electron chi connectivity index (χ3n) is 2.96. The molecule has 0 spiro atoms. The highest BCUT2D eigenvalue weighted by Crippen LogP contribution is 2.34. The summed E-state index contributed by atoms with van der Waals surface area (Å²) in [6.45, 7) is 2.18. The zero-order valence-electron chi connectivity index (χ0n) is 7.58. The molecule has 68 valence electrons. The standard InChI is InChI=1S/C10H16O2/c1-7-3-2-4-9(7)12-10(11)8-5-6-8/h7-9H,2-6H2,1H3/t7-,9-/m1/s1. The predicted octanol–water partition coefficient (Wildman–Crippen LogP) is 2.13. The molecule has 0 unspecified atom stereocenters. The van der Waals surface area contributed by atoms with Crippen LogP contribution in [0.1, 0.15) is 39.0 Å². The van der Waals surface area contributed by atoms with Gasteiger partial charge in [0, 0.05) is 0 Å². The van der Waals surface area contributed by atoms with Crippen molar-refractivity contribution < 1.29 is 9.53 Å². The Labute approximate surface area is 73.3 Å². The quantitative estimate of drug-likeness (QED) is 0.590. The van der Waals surface area contributed by atoms with Gasteiger partial charge in [-0.15, -0.1) is 0 Å². The largest absolute Gasteiger partial charge is 0.462 e. The van der Waals surface area contributed by atoms with Crippen LogP contribution < -0.4 is 0 Å². The van der Waals surface area contributed by atoms with Crippen LogP contribution in [0.3, 0.4) is 0 Å². The summed E-state index contributed by atoms with van der Waals surface area (Å²) in [5.41, 5.74) is 0. The highest BCUT2D eigenvalue weighted by atomic mass is 16.5. The van der Waals surface area contributed by atoms with E-state index in [4.69, 9.17) is 4.74 Å². The van der Waals surface area contributed by atoms with Crippen LogP contribution in [0, 0.1) is 11.8 Å².